The molecule has 2 rings (SSSR count). The van der Waals surface area contributed by atoms with Gasteiger partial charge in [-0.15, -0.1) is 0 Å². The molecule has 0 saturated carbocycles. The molecule has 1 aromatic rings. The molecule has 7 heteroatoms. The van der Waals surface area contributed by atoms with Gasteiger partial charge < -0.3 is 21.1 Å². The van der Waals surface area contributed by atoms with Gasteiger partial charge in [0, 0.05) is 19.4 Å². The van der Waals surface area contributed by atoms with E-state index >= 15 is 0 Å². The summed E-state index contributed by atoms with van der Waals surface area (Å²) >= 11 is 0. The summed E-state index contributed by atoms with van der Waals surface area (Å²) in [6.45, 7) is 0.504. The van der Waals surface area contributed by atoms with E-state index in [1.807, 2.05) is 0 Å². The van der Waals surface area contributed by atoms with Crippen molar-refractivity contribution in [1.82, 2.24) is 10.2 Å². The second kappa shape index (κ2) is 6.93. The monoisotopic (exact) mass is 305 g/mol. The number of phenolic OH excluding ortho intramolecular Hbond substituents is 1. The lowest BCUT2D eigenvalue weighted by molar-refractivity contribution is -0.134. The second-order valence-electron chi connectivity index (χ2n) is 5.31. The van der Waals surface area contributed by atoms with Gasteiger partial charge in [-0.3, -0.25) is 14.4 Å². The number of hydrogen-bond donors (Lipinski definition) is 3. The Morgan fingerprint density at radius 2 is 2.00 bits per heavy atom. The zero-order valence-corrected chi connectivity index (χ0v) is 12.1. The van der Waals surface area contributed by atoms with Crippen LogP contribution in [0.2, 0.25) is 0 Å². The molecule has 1 aromatic carbocycles. The third kappa shape index (κ3) is 4.21. The average molecular weight is 305 g/mol. The lowest BCUT2D eigenvalue weighted by Gasteiger charge is -2.19. The zero-order valence-electron chi connectivity index (χ0n) is 12.1. The Hall–Kier alpha value is -2.57. The van der Waals surface area contributed by atoms with Gasteiger partial charge in [-0.25, -0.2) is 0 Å². The van der Waals surface area contributed by atoms with E-state index in [9.17, 15) is 19.5 Å². The van der Waals surface area contributed by atoms with Crippen molar-refractivity contribution in [3.8, 4) is 5.75 Å². The van der Waals surface area contributed by atoms with E-state index in [1.54, 1.807) is 12.1 Å². The first-order valence-corrected chi connectivity index (χ1v) is 7.10. The van der Waals surface area contributed by atoms with Gasteiger partial charge in [-0.2, -0.15) is 0 Å². The third-order valence-electron chi connectivity index (χ3n) is 3.56. The van der Waals surface area contributed by atoms with Crippen LogP contribution in [0.3, 0.4) is 0 Å². The van der Waals surface area contributed by atoms with Crippen LogP contribution < -0.4 is 11.1 Å². The van der Waals surface area contributed by atoms with Crippen LogP contribution in [0.15, 0.2) is 24.3 Å². The van der Waals surface area contributed by atoms with Gasteiger partial charge in [0.05, 0.1) is 6.54 Å². The number of benzene rings is 1. The predicted octanol–water partition coefficient (Wildman–Crippen LogP) is -0.473. The Bertz CT molecular complexity index is 571. The summed E-state index contributed by atoms with van der Waals surface area (Å²) in [6.07, 6.45) is 1.44. The molecule has 118 valence electrons. The van der Waals surface area contributed by atoms with Gasteiger partial charge in [0.25, 0.3) is 0 Å². The largest absolute Gasteiger partial charge is 0.508 e. The maximum atomic E-state index is 12.0. The van der Waals surface area contributed by atoms with Crippen LogP contribution in [-0.4, -0.2) is 46.9 Å². The van der Waals surface area contributed by atoms with Crippen molar-refractivity contribution in [2.24, 2.45) is 5.73 Å². The van der Waals surface area contributed by atoms with Gasteiger partial charge in [0.1, 0.15) is 11.8 Å². The van der Waals surface area contributed by atoms with Crippen LogP contribution >= 0.6 is 0 Å². The normalized spacial score (nSPS) is 15.6. The van der Waals surface area contributed by atoms with Gasteiger partial charge in [0.15, 0.2) is 0 Å². The third-order valence-corrected chi connectivity index (χ3v) is 3.56. The first kappa shape index (κ1) is 15.8. The molecule has 1 unspecified atom stereocenters. The van der Waals surface area contributed by atoms with E-state index in [2.05, 4.69) is 5.32 Å². The lowest BCUT2D eigenvalue weighted by Crippen LogP contribution is -2.49. The molecule has 0 spiro atoms. The van der Waals surface area contributed by atoms with Gasteiger partial charge in [0.2, 0.25) is 17.7 Å². The maximum absolute atomic E-state index is 12.0. The van der Waals surface area contributed by atoms with Crippen molar-refractivity contribution in [2.75, 3.05) is 13.1 Å². The van der Waals surface area contributed by atoms with E-state index in [1.165, 1.54) is 17.0 Å². The Kier molecular flexibility index (Phi) is 4.98. The zero-order chi connectivity index (χ0) is 16.1. The summed E-state index contributed by atoms with van der Waals surface area (Å²) in [5.74, 6) is -0.979. The molecule has 0 bridgehead atoms. The molecule has 0 aromatic heterocycles. The van der Waals surface area contributed by atoms with Crippen LogP contribution in [0.4, 0.5) is 0 Å². The van der Waals surface area contributed by atoms with Crippen LogP contribution in [0, 0.1) is 0 Å². The molecule has 1 heterocycles. The summed E-state index contributed by atoms with van der Waals surface area (Å²) in [7, 11) is 0. The van der Waals surface area contributed by atoms with Crippen LogP contribution in [0.25, 0.3) is 0 Å². The fourth-order valence-corrected chi connectivity index (χ4v) is 2.37. The number of carbonyl (C=O) groups excluding carboxylic acids is 3. The molecule has 22 heavy (non-hydrogen) atoms. The number of phenols is 1. The Labute approximate surface area is 128 Å². The number of likely N-dealkylation sites (tertiary alicyclic amines) is 1. The Balaban J connectivity index is 1.93. The molecule has 1 aliphatic rings. The highest BCUT2D eigenvalue weighted by Gasteiger charge is 2.25. The van der Waals surface area contributed by atoms with Crippen molar-refractivity contribution in [3.05, 3.63) is 29.8 Å². The molecule has 4 N–H and O–H groups in total. The summed E-state index contributed by atoms with van der Waals surface area (Å²) < 4.78 is 0. The van der Waals surface area contributed by atoms with Crippen molar-refractivity contribution >= 4 is 17.7 Å². The molecule has 0 aliphatic carbocycles. The van der Waals surface area contributed by atoms with Crippen LogP contribution in [0.5, 0.6) is 5.75 Å². The van der Waals surface area contributed by atoms with Crippen molar-refractivity contribution in [1.29, 1.82) is 0 Å². The Morgan fingerprint density at radius 3 is 2.55 bits per heavy atom. The highest BCUT2D eigenvalue weighted by atomic mass is 16.3. The average Bonchev–Trinajstić information content (AvgIpc) is 2.85. The van der Waals surface area contributed by atoms with Crippen molar-refractivity contribution < 1.29 is 19.5 Å². The molecule has 1 aliphatic heterocycles. The van der Waals surface area contributed by atoms with E-state index < -0.39 is 17.9 Å². The number of amides is 3. The molecule has 3 amide bonds. The van der Waals surface area contributed by atoms with Gasteiger partial charge in [-0.05, 0) is 24.1 Å². The maximum Gasteiger partial charge on any atom is 0.240 e. The molecule has 0 radical (unpaired) electrons. The second-order valence-corrected chi connectivity index (χ2v) is 5.31. The van der Waals surface area contributed by atoms with Crippen molar-refractivity contribution in [3.63, 3.8) is 0 Å². The summed E-state index contributed by atoms with van der Waals surface area (Å²) in [6, 6.07) is 5.45. The van der Waals surface area contributed by atoms with Gasteiger partial charge in [-0.1, -0.05) is 12.1 Å². The SMILES string of the molecule is NC(=O)C(Cc1ccc(O)cc1)NC(=O)CN1CCCC1=O. The first-order chi connectivity index (χ1) is 10.5. The molecule has 7 nitrogen and oxygen atoms in total. The minimum atomic E-state index is -0.852. The number of hydrogen-bond acceptors (Lipinski definition) is 4. The fourth-order valence-electron chi connectivity index (χ4n) is 2.37. The molecular weight excluding hydrogens is 286 g/mol. The van der Waals surface area contributed by atoms with E-state index in [0.29, 0.717) is 13.0 Å². The number of nitrogens with one attached hydrogen (secondary N) is 1. The lowest BCUT2D eigenvalue weighted by atomic mass is 10.1. The number of nitrogens with two attached hydrogens (primary N) is 1. The quantitative estimate of drug-likeness (QED) is 0.659. The molecule has 1 saturated heterocycles. The highest BCUT2D eigenvalue weighted by Crippen LogP contribution is 2.12. The van der Waals surface area contributed by atoms with Crippen molar-refractivity contribution in [2.45, 2.75) is 25.3 Å². The van der Waals surface area contributed by atoms with Gasteiger partial charge >= 0.3 is 0 Å². The first-order valence-electron chi connectivity index (χ1n) is 7.10. The number of aromatic hydroxyl groups is 1. The smallest absolute Gasteiger partial charge is 0.240 e. The van der Waals surface area contributed by atoms with Crippen LogP contribution in [-0.2, 0) is 20.8 Å². The summed E-state index contributed by atoms with van der Waals surface area (Å²) in [4.78, 5) is 36.4. The number of rotatable bonds is 6. The number of nitrogens with zero attached hydrogens (tertiary/aromatic N) is 1. The molecule has 1 atom stereocenters. The highest BCUT2D eigenvalue weighted by molar-refractivity contribution is 5.90. The van der Waals surface area contributed by atoms with Crippen LogP contribution in [0.1, 0.15) is 18.4 Å². The topological polar surface area (TPSA) is 113 Å². The van der Waals surface area contributed by atoms with E-state index in [0.717, 1.165) is 12.0 Å². The summed E-state index contributed by atoms with van der Waals surface area (Å²) in [5, 5.41) is 11.8. The predicted molar refractivity (Wildman–Crippen MR) is 78.7 cm³/mol. The van der Waals surface area contributed by atoms with E-state index in [4.69, 9.17) is 5.73 Å². The standard InChI is InChI=1S/C15H19N3O4/c16-15(22)12(8-10-3-5-11(19)6-4-10)17-13(20)9-18-7-1-2-14(18)21/h3-6,12,19H,1-2,7-9H2,(H2,16,22)(H,17,20). The number of primary amides is 1. The van der Waals surface area contributed by atoms with E-state index in [-0.39, 0.29) is 24.6 Å². The minimum Gasteiger partial charge on any atom is -0.508 e. The molecular formula is C15H19N3O4. The minimum absolute atomic E-state index is 0.0516. The Morgan fingerprint density at radius 1 is 1.32 bits per heavy atom. The summed E-state index contributed by atoms with van der Waals surface area (Å²) in [5.41, 5.74) is 6.08. The fraction of sp³-hybridized carbons (Fsp3) is 0.400. The molecule has 1 fully saturated rings. The number of carbonyl (C=O) groups is 3.